The molecule has 1 rings (SSSR count). The Balaban J connectivity index is 0.00000121. The second kappa shape index (κ2) is 5.00. The minimum atomic E-state index is -3.51. The van der Waals surface area contributed by atoms with Crippen LogP contribution >= 0.6 is 0 Å². The van der Waals surface area contributed by atoms with Gasteiger partial charge in [0.05, 0.1) is 0 Å². The molecule has 0 amide bonds. The molecule has 1 aromatic rings. The van der Waals surface area contributed by atoms with Crippen LogP contribution in [0.2, 0.25) is 0 Å². The predicted molar refractivity (Wildman–Crippen MR) is 40.0 cm³/mol. The molecule has 0 radical (unpaired) electrons. The fourth-order valence-electron chi connectivity index (χ4n) is 0.681. The van der Waals surface area contributed by atoms with Crippen LogP contribution in [-0.4, -0.2) is 20.0 Å². The molecule has 0 bridgehead atoms. The number of hydrogen-bond donors (Lipinski definition) is 2. The smallest absolute Gasteiger partial charge is 1.00 e. The van der Waals surface area contributed by atoms with Crippen molar-refractivity contribution in [2.24, 2.45) is 0 Å². The molecule has 0 saturated carbocycles. The van der Waals surface area contributed by atoms with Gasteiger partial charge < -0.3 is 0 Å². The second-order valence-corrected chi connectivity index (χ2v) is 4.48. The monoisotopic (exact) mass is 239 g/mol. The maximum absolute atomic E-state index is 10.5. The van der Waals surface area contributed by atoms with Crippen LogP contribution in [0.5, 0.6) is 5.75 Å². The number of rotatable bonds is 1. The molecule has 1 aromatic carbocycles. The summed E-state index contributed by atoms with van der Waals surface area (Å²) < 4.78 is 21.1. The van der Waals surface area contributed by atoms with Crippen LogP contribution < -0.4 is 43.7 Å². The van der Waals surface area contributed by atoms with Crippen molar-refractivity contribution in [1.82, 2.24) is 0 Å². The molecular weight excluding hydrogens is 232 g/mol. The standard InChI is InChI=1S/C6H8AsNO3.Na/c8-5-3-4(7(10)11)1-2-6(5)9;/h1-3,7,9H,8H2,(H,10,11);/q;+1/p-1. The van der Waals surface area contributed by atoms with Crippen molar-refractivity contribution in [3.8, 4) is 5.75 Å². The van der Waals surface area contributed by atoms with Crippen molar-refractivity contribution >= 4 is 25.0 Å². The van der Waals surface area contributed by atoms with Gasteiger partial charge in [0, 0.05) is 0 Å². The molecule has 1 unspecified atom stereocenters. The van der Waals surface area contributed by atoms with Gasteiger partial charge in [0.15, 0.2) is 0 Å². The van der Waals surface area contributed by atoms with E-state index in [9.17, 15) is 7.84 Å². The molecule has 6 heteroatoms. The Morgan fingerprint density at radius 3 is 2.50 bits per heavy atom. The summed E-state index contributed by atoms with van der Waals surface area (Å²) in [4.78, 5) is 0. The van der Waals surface area contributed by atoms with E-state index in [1.807, 2.05) is 0 Å². The van der Waals surface area contributed by atoms with Gasteiger partial charge in [-0.05, 0) is 0 Å². The second-order valence-electron chi connectivity index (χ2n) is 2.06. The summed E-state index contributed by atoms with van der Waals surface area (Å²) in [6.45, 7) is 0. The van der Waals surface area contributed by atoms with Gasteiger partial charge >= 0.3 is 97.2 Å². The van der Waals surface area contributed by atoms with E-state index in [2.05, 4.69) is 0 Å². The largest absolute Gasteiger partial charge is 1.00 e. The van der Waals surface area contributed by atoms with E-state index in [0.717, 1.165) is 0 Å². The van der Waals surface area contributed by atoms with E-state index in [4.69, 9.17) is 10.8 Å². The minimum Gasteiger partial charge on any atom is 1.00 e. The molecule has 0 fully saturated rings. The number of phenols is 1. The van der Waals surface area contributed by atoms with Crippen LogP contribution in [0.25, 0.3) is 0 Å². The molecular formula is C6H7AsNNaO3. The van der Waals surface area contributed by atoms with Gasteiger partial charge in [-0.3, -0.25) is 0 Å². The zero-order valence-corrected chi connectivity index (χ0v) is 10.7. The third-order valence-electron chi connectivity index (χ3n) is 1.26. The normalized spacial score (nSPS) is 11.8. The SMILES string of the molecule is Nc1cc([AsH](=O)[O-])ccc1O.[Na+]. The van der Waals surface area contributed by atoms with Gasteiger partial charge in [0.2, 0.25) is 0 Å². The number of aromatic hydroxyl groups is 1. The summed E-state index contributed by atoms with van der Waals surface area (Å²) in [6, 6.07) is 3.86. The number of benzene rings is 1. The van der Waals surface area contributed by atoms with Gasteiger partial charge in [-0.1, -0.05) is 0 Å². The van der Waals surface area contributed by atoms with Gasteiger partial charge in [-0.15, -0.1) is 0 Å². The molecule has 60 valence electrons. The Bertz CT molecular complexity index is 305. The van der Waals surface area contributed by atoms with Crippen molar-refractivity contribution in [3.63, 3.8) is 0 Å². The summed E-state index contributed by atoms with van der Waals surface area (Å²) in [6.07, 6.45) is 0. The maximum atomic E-state index is 10.5. The molecule has 3 N–H and O–H groups in total. The number of nitrogens with two attached hydrogens (primary N) is 1. The first-order valence-electron chi connectivity index (χ1n) is 2.91. The topological polar surface area (TPSA) is 86.4 Å². The minimum absolute atomic E-state index is 0. The number of nitrogen functional groups attached to an aromatic ring is 1. The number of anilines is 1. The van der Waals surface area contributed by atoms with Crippen LogP contribution in [0.3, 0.4) is 0 Å². The average molecular weight is 239 g/mol. The summed E-state index contributed by atoms with van der Waals surface area (Å²) in [5, 5.41) is 8.91. The van der Waals surface area contributed by atoms with Crippen molar-refractivity contribution in [2.75, 3.05) is 5.73 Å². The molecule has 0 aromatic heterocycles. The maximum Gasteiger partial charge on any atom is 1.00 e. The van der Waals surface area contributed by atoms with Crippen LogP contribution in [0, 0.1) is 0 Å². The average Bonchev–Trinajstić information content (AvgIpc) is 1.94. The summed E-state index contributed by atoms with van der Waals surface area (Å²) in [7, 11) is 0. The summed E-state index contributed by atoms with van der Waals surface area (Å²) in [5.41, 5.74) is 5.35. The first-order chi connectivity index (χ1) is 5.11. The molecule has 0 aliphatic rings. The number of phenolic OH excluding ortho intramolecular Hbond substituents is 1. The van der Waals surface area contributed by atoms with E-state index >= 15 is 0 Å². The molecule has 0 heterocycles. The van der Waals surface area contributed by atoms with E-state index in [1.165, 1.54) is 18.2 Å². The van der Waals surface area contributed by atoms with Crippen LogP contribution in [-0.2, 0) is 3.74 Å². The van der Waals surface area contributed by atoms with Gasteiger partial charge in [-0.2, -0.15) is 0 Å². The Kier molecular flexibility index (Phi) is 5.05. The van der Waals surface area contributed by atoms with Crippen LogP contribution in [0.1, 0.15) is 0 Å². The molecule has 0 aliphatic heterocycles. The Morgan fingerprint density at radius 1 is 1.50 bits per heavy atom. The van der Waals surface area contributed by atoms with E-state index in [1.54, 1.807) is 0 Å². The molecule has 0 saturated heterocycles. The Hall–Kier alpha value is 0.138. The summed E-state index contributed by atoms with van der Waals surface area (Å²) in [5.74, 6) is -0.0896. The molecule has 0 spiro atoms. The zero-order chi connectivity index (χ0) is 8.43. The predicted octanol–water partition coefficient (Wildman–Crippen LogP) is -4.80. The molecule has 4 nitrogen and oxygen atoms in total. The quantitative estimate of drug-likeness (QED) is 0.292. The van der Waals surface area contributed by atoms with Gasteiger partial charge in [-0.25, -0.2) is 0 Å². The van der Waals surface area contributed by atoms with Crippen LogP contribution in [0.15, 0.2) is 18.2 Å². The zero-order valence-electron chi connectivity index (χ0n) is 6.57. The van der Waals surface area contributed by atoms with Crippen molar-refractivity contribution in [2.45, 2.75) is 0 Å². The van der Waals surface area contributed by atoms with Gasteiger partial charge in [0.25, 0.3) is 0 Å². The van der Waals surface area contributed by atoms with E-state index in [0.29, 0.717) is 0 Å². The first-order valence-corrected chi connectivity index (χ1v) is 5.67. The fourth-order valence-corrected chi connectivity index (χ4v) is 1.72. The summed E-state index contributed by atoms with van der Waals surface area (Å²) >= 11 is -3.51. The van der Waals surface area contributed by atoms with E-state index < -0.39 is 14.9 Å². The van der Waals surface area contributed by atoms with Crippen molar-refractivity contribution in [3.05, 3.63) is 18.2 Å². The molecule has 12 heavy (non-hydrogen) atoms. The molecule has 1 atom stereocenters. The van der Waals surface area contributed by atoms with Crippen molar-refractivity contribution in [1.29, 1.82) is 0 Å². The third-order valence-corrected chi connectivity index (χ3v) is 2.90. The third kappa shape index (κ3) is 2.88. The first kappa shape index (κ1) is 12.1. The Morgan fingerprint density at radius 2 is 2.08 bits per heavy atom. The van der Waals surface area contributed by atoms with E-state index in [-0.39, 0.29) is 45.3 Å². The van der Waals surface area contributed by atoms with Crippen molar-refractivity contribution < 1.29 is 42.5 Å². The number of hydrogen-bond acceptors (Lipinski definition) is 4. The van der Waals surface area contributed by atoms with Gasteiger partial charge in [0.1, 0.15) is 0 Å². The molecule has 0 aliphatic carbocycles. The van der Waals surface area contributed by atoms with Crippen LogP contribution in [0.4, 0.5) is 5.69 Å². The Labute approximate surface area is 96.5 Å². The fraction of sp³-hybridized carbons (Fsp3) is 0.